The molecule has 1 atom stereocenters. The molecule has 2 aromatic carbocycles. The standard InChI is InChI=1S/C20H21N3O2/c1-14(2)16-11-9-15(10-12-16)13-21-23-18(24)20(3,22-19(23)25)17-7-5-4-6-8-17/h4-14H,1-3H3,(H,22,25)/b21-13-/t20-/m1/s1. The Balaban J connectivity index is 1.81. The average Bonchev–Trinajstić information content (AvgIpc) is 2.84. The molecule has 0 radical (unpaired) electrons. The van der Waals surface area contributed by atoms with E-state index in [4.69, 9.17) is 0 Å². The van der Waals surface area contributed by atoms with Crippen LogP contribution in [0, 0.1) is 0 Å². The molecule has 5 heteroatoms. The number of amides is 3. The molecule has 1 N–H and O–H groups in total. The third-order valence-electron chi connectivity index (χ3n) is 4.45. The predicted octanol–water partition coefficient (Wildman–Crippen LogP) is 3.61. The van der Waals surface area contributed by atoms with Crippen molar-refractivity contribution in [1.29, 1.82) is 0 Å². The number of imide groups is 1. The van der Waals surface area contributed by atoms with Crippen molar-refractivity contribution in [3.63, 3.8) is 0 Å². The van der Waals surface area contributed by atoms with Gasteiger partial charge in [-0.25, -0.2) is 4.79 Å². The van der Waals surface area contributed by atoms with Gasteiger partial charge in [0.25, 0.3) is 5.91 Å². The minimum Gasteiger partial charge on any atom is -0.318 e. The highest BCUT2D eigenvalue weighted by atomic mass is 16.2. The van der Waals surface area contributed by atoms with Gasteiger partial charge in [-0.2, -0.15) is 5.10 Å². The monoisotopic (exact) mass is 335 g/mol. The quantitative estimate of drug-likeness (QED) is 0.685. The van der Waals surface area contributed by atoms with Crippen LogP contribution in [0.3, 0.4) is 0 Å². The van der Waals surface area contributed by atoms with Crippen LogP contribution in [0.15, 0.2) is 59.7 Å². The van der Waals surface area contributed by atoms with E-state index in [0.29, 0.717) is 5.92 Å². The lowest BCUT2D eigenvalue weighted by molar-refractivity contribution is -0.131. The number of carbonyl (C=O) groups is 2. The van der Waals surface area contributed by atoms with E-state index in [0.717, 1.165) is 16.1 Å². The van der Waals surface area contributed by atoms with E-state index in [-0.39, 0.29) is 0 Å². The van der Waals surface area contributed by atoms with Gasteiger partial charge in [-0.15, -0.1) is 5.01 Å². The van der Waals surface area contributed by atoms with E-state index in [2.05, 4.69) is 24.3 Å². The molecule has 0 spiro atoms. The summed E-state index contributed by atoms with van der Waals surface area (Å²) in [5.74, 6) is 0.0576. The molecule has 5 nitrogen and oxygen atoms in total. The van der Waals surface area contributed by atoms with E-state index in [1.165, 1.54) is 11.8 Å². The van der Waals surface area contributed by atoms with Gasteiger partial charge < -0.3 is 5.32 Å². The van der Waals surface area contributed by atoms with E-state index < -0.39 is 17.5 Å². The van der Waals surface area contributed by atoms with Crippen LogP contribution in [0.1, 0.15) is 43.4 Å². The van der Waals surface area contributed by atoms with Gasteiger partial charge >= 0.3 is 6.03 Å². The number of urea groups is 1. The van der Waals surface area contributed by atoms with Crippen LogP contribution >= 0.6 is 0 Å². The molecule has 3 rings (SSSR count). The van der Waals surface area contributed by atoms with Crippen LogP contribution in [0.5, 0.6) is 0 Å². The SMILES string of the molecule is CC(C)c1ccc(/C=N\N2C(=O)N[C@](C)(c3ccccc3)C2=O)cc1. The average molecular weight is 335 g/mol. The van der Waals surface area contributed by atoms with Crippen molar-refractivity contribution >= 4 is 18.2 Å². The molecule has 0 aliphatic carbocycles. The third kappa shape index (κ3) is 3.18. The Bertz CT molecular complexity index is 813. The fourth-order valence-electron chi connectivity index (χ4n) is 2.79. The minimum atomic E-state index is -1.10. The minimum absolute atomic E-state index is 0.390. The highest BCUT2D eigenvalue weighted by molar-refractivity contribution is 6.07. The highest BCUT2D eigenvalue weighted by Crippen LogP contribution is 2.28. The second-order valence-corrected chi connectivity index (χ2v) is 6.60. The van der Waals surface area contributed by atoms with Crippen LogP contribution in [0.2, 0.25) is 0 Å². The molecule has 1 fully saturated rings. The Morgan fingerprint density at radius 2 is 1.68 bits per heavy atom. The smallest absolute Gasteiger partial charge is 0.318 e. The maximum absolute atomic E-state index is 12.7. The third-order valence-corrected chi connectivity index (χ3v) is 4.45. The molecule has 1 aliphatic rings. The summed E-state index contributed by atoms with van der Waals surface area (Å²) >= 11 is 0. The van der Waals surface area contributed by atoms with E-state index >= 15 is 0 Å². The lowest BCUT2D eigenvalue weighted by Crippen LogP contribution is -2.40. The van der Waals surface area contributed by atoms with Gasteiger partial charge in [0.2, 0.25) is 0 Å². The summed E-state index contributed by atoms with van der Waals surface area (Å²) in [5, 5.41) is 7.72. The molecular weight excluding hydrogens is 314 g/mol. The van der Waals surface area contributed by atoms with Gasteiger partial charge in [-0.1, -0.05) is 68.4 Å². The van der Waals surface area contributed by atoms with Crippen molar-refractivity contribution < 1.29 is 9.59 Å². The summed E-state index contributed by atoms with van der Waals surface area (Å²) in [6, 6.07) is 16.5. The lowest BCUT2D eigenvalue weighted by atomic mass is 9.92. The molecule has 128 valence electrons. The van der Waals surface area contributed by atoms with Crippen LogP contribution < -0.4 is 5.32 Å². The number of nitrogens with zero attached hydrogens (tertiary/aromatic N) is 2. The number of rotatable bonds is 4. The molecule has 0 bridgehead atoms. The molecule has 2 aromatic rings. The zero-order valence-electron chi connectivity index (χ0n) is 14.6. The Morgan fingerprint density at radius 3 is 2.28 bits per heavy atom. The first kappa shape index (κ1) is 16.9. The van der Waals surface area contributed by atoms with Crippen LogP contribution in [0.4, 0.5) is 4.79 Å². The number of benzene rings is 2. The number of carbonyl (C=O) groups excluding carboxylic acids is 2. The van der Waals surface area contributed by atoms with Crippen LogP contribution in [-0.4, -0.2) is 23.2 Å². The molecule has 0 aromatic heterocycles. The first-order chi connectivity index (χ1) is 11.9. The van der Waals surface area contributed by atoms with Crippen molar-refractivity contribution in [2.45, 2.75) is 32.2 Å². The second kappa shape index (κ2) is 6.51. The van der Waals surface area contributed by atoms with Crippen molar-refractivity contribution in [2.24, 2.45) is 5.10 Å². The normalized spacial score (nSPS) is 20.6. The number of hydrazone groups is 1. The molecule has 1 aliphatic heterocycles. The topological polar surface area (TPSA) is 61.8 Å². The van der Waals surface area contributed by atoms with Gasteiger partial charge in [0.05, 0.1) is 6.21 Å². The summed E-state index contributed by atoms with van der Waals surface area (Å²) in [5.41, 5.74) is 1.69. The van der Waals surface area contributed by atoms with Crippen molar-refractivity contribution in [1.82, 2.24) is 10.3 Å². The fourth-order valence-corrected chi connectivity index (χ4v) is 2.79. The van der Waals surface area contributed by atoms with Gasteiger partial charge in [-0.3, -0.25) is 4.79 Å². The molecule has 1 saturated heterocycles. The van der Waals surface area contributed by atoms with Crippen molar-refractivity contribution in [3.8, 4) is 0 Å². The molecule has 1 heterocycles. The maximum Gasteiger partial charge on any atom is 0.346 e. The summed E-state index contributed by atoms with van der Waals surface area (Å²) < 4.78 is 0. The van der Waals surface area contributed by atoms with Gasteiger partial charge in [-0.05, 0) is 29.5 Å². The fraction of sp³-hybridized carbons (Fsp3) is 0.250. The molecule has 25 heavy (non-hydrogen) atoms. The van der Waals surface area contributed by atoms with Crippen LogP contribution in [-0.2, 0) is 10.3 Å². The molecule has 0 saturated carbocycles. The van der Waals surface area contributed by atoms with E-state index in [1.807, 2.05) is 54.6 Å². The zero-order chi connectivity index (χ0) is 18.0. The zero-order valence-corrected chi connectivity index (χ0v) is 14.6. The van der Waals surface area contributed by atoms with E-state index in [1.54, 1.807) is 6.92 Å². The Labute approximate surface area is 147 Å². The highest BCUT2D eigenvalue weighted by Gasteiger charge is 2.49. The summed E-state index contributed by atoms with van der Waals surface area (Å²) in [4.78, 5) is 25.0. The number of hydrogen-bond donors (Lipinski definition) is 1. The Morgan fingerprint density at radius 1 is 1.04 bits per heavy atom. The summed E-state index contributed by atoms with van der Waals surface area (Å²) in [6.07, 6.45) is 1.53. The summed E-state index contributed by atoms with van der Waals surface area (Å²) in [7, 11) is 0. The van der Waals surface area contributed by atoms with Crippen molar-refractivity contribution in [2.75, 3.05) is 0 Å². The molecule has 3 amide bonds. The maximum atomic E-state index is 12.7. The first-order valence-electron chi connectivity index (χ1n) is 8.28. The van der Waals surface area contributed by atoms with E-state index in [9.17, 15) is 9.59 Å². The van der Waals surface area contributed by atoms with Gasteiger partial charge in [0.1, 0.15) is 5.54 Å². The number of nitrogens with one attached hydrogen (secondary N) is 1. The van der Waals surface area contributed by atoms with Gasteiger partial charge in [0.15, 0.2) is 0 Å². The summed E-state index contributed by atoms with van der Waals surface area (Å²) in [6.45, 7) is 5.94. The Kier molecular flexibility index (Phi) is 4.40. The van der Waals surface area contributed by atoms with Crippen LogP contribution in [0.25, 0.3) is 0 Å². The molecular formula is C20H21N3O2. The largest absolute Gasteiger partial charge is 0.346 e. The van der Waals surface area contributed by atoms with Gasteiger partial charge in [0, 0.05) is 0 Å². The molecule has 0 unspecified atom stereocenters. The second-order valence-electron chi connectivity index (χ2n) is 6.60. The number of hydrogen-bond acceptors (Lipinski definition) is 3. The predicted molar refractivity (Wildman–Crippen MR) is 97.3 cm³/mol. The lowest BCUT2D eigenvalue weighted by Gasteiger charge is -2.20. The first-order valence-corrected chi connectivity index (χ1v) is 8.28. The van der Waals surface area contributed by atoms with Crippen molar-refractivity contribution in [3.05, 3.63) is 71.3 Å². The Hall–Kier alpha value is -2.95.